The molecular formula is C10H9NO. The quantitative estimate of drug-likeness (QED) is 0.584. The fourth-order valence-electron chi connectivity index (χ4n) is 1.47. The standard InChI is InChI=1S/C10H9NO/c11-8-5-1-3-7-4-2-6-9(12)10(7)8/h1-3,5-6H,4,11H2. The van der Waals surface area contributed by atoms with Gasteiger partial charge in [-0.05, 0) is 24.1 Å². The zero-order valence-electron chi connectivity index (χ0n) is 6.58. The lowest BCUT2D eigenvalue weighted by molar-refractivity contribution is 0.104. The SMILES string of the molecule is Nc1cccc2c1C(=O)C=CC2. The molecule has 0 amide bonds. The molecule has 0 bridgehead atoms. The predicted molar refractivity (Wildman–Crippen MR) is 48.0 cm³/mol. The molecule has 1 aromatic carbocycles. The Balaban J connectivity index is 2.66. The molecule has 2 nitrogen and oxygen atoms in total. The average molecular weight is 159 g/mol. The number of hydrogen-bond acceptors (Lipinski definition) is 2. The van der Waals surface area contributed by atoms with E-state index in [1.54, 1.807) is 12.1 Å². The van der Waals surface area contributed by atoms with Crippen LogP contribution in [0.4, 0.5) is 5.69 Å². The van der Waals surface area contributed by atoms with Crippen LogP contribution in [-0.2, 0) is 6.42 Å². The summed E-state index contributed by atoms with van der Waals surface area (Å²) in [5.41, 5.74) is 7.97. The summed E-state index contributed by atoms with van der Waals surface area (Å²) in [4.78, 5) is 11.3. The molecule has 0 saturated carbocycles. The Morgan fingerprint density at radius 1 is 1.33 bits per heavy atom. The summed E-state index contributed by atoms with van der Waals surface area (Å²) in [5.74, 6) is 0.0225. The summed E-state index contributed by atoms with van der Waals surface area (Å²) in [6.07, 6.45) is 4.26. The summed E-state index contributed by atoms with van der Waals surface area (Å²) in [5, 5.41) is 0. The molecule has 1 aliphatic rings. The van der Waals surface area contributed by atoms with Gasteiger partial charge >= 0.3 is 0 Å². The normalized spacial score (nSPS) is 14.5. The van der Waals surface area contributed by atoms with Crippen LogP contribution in [0.2, 0.25) is 0 Å². The van der Waals surface area contributed by atoms with Gasteiger partial charge in [0.1, 0.15) is 0 Å². The van der Waals surface area contributed by atoms with Crippen molar-refractivity contribution in [2.45, 2.75) is 6.42 Å². The van der Waals surface area contributed by atoms with E-state index in [9.17, 15) is 4.79 Å². The van der Waals surface area contributed by atoms with E-state index in [0.29, 0.717) is 11.3 Å². The lowest BCUT2D eigenvalue weighted by Crippen LogP contribution is -2.08. The lowest BCUT2D eigenvalue weighted by Gasteiger charge is -2.11. The van der Waals surface area contributed by atoms with E-state index in [2.05, 4.69) is 0 Å². The van der Waals surface area contributed by atoms with Crippen LogP contribution in [-0.4, -0.2) is 5.78 Å². The monoisotopic (exact) mass is 159 g/mol. The first kappa shape index (κ1) is 7.10. The van der Waals surface area contributed by atoms with Gasteiger partial charge in [-0.1, -0.05) is 18.2 Å². The third kappa shape index (κ3) is 0.925. The largest absolute Gasteiger partial charge is 0.398 e. The van der Waals surface area contributed by atoms with Gasteiger partial charge in [-0.2, -0.15) is 0 Å². The molecule has 0 spiro atoms. The molecule has 60 valence electrons. The van der Waals surface area contributed by atoms with Crippen molar-refractivity contribution in [3.05, 3.63) is 41.5 Å². The zero-order valence-corrected chi connectivity index (χ0v) is 6.58. The van der Waals surface area contributed by atoms with E-state index in [1.165, 1.54) is 0 Å². The average Bonchev–Trinajstić information content (AvgIpc) is 2.04. The molecule has 0 aliphatic heterocycles. The maximum Gasteiger partial charge on any atom is 0.187 e. The number of anilines is 1. The van der Waals surface area contributed by atoms with E-state index in [0.717, 1.165) is 12.0 Å². The number of rotatable bonds is 0. The van der Waals surface area contributed by atoms with E-state index in [4.69, 9.17) is 5.73 Å². The van der Waals surface area contributed by atoms with Crippen molar-refractivity contribution in [1.82, 2.24) is 0 Å². The van der Waals surface area contributed by atoms with Gasteiger partial charge in [0.05, 0.1) is 0 Å². The number of fused-ring (bicyclic) bond motifs is 1. The highest BCUT2D eigenvalue weighted by Crippen LogP contribution is 2.21. The molecular weight excluding hydrogens is 150 g/mol. The van der Waals surface area contributed by atoms with Gasteiger partial charge in [0.15, 0.2) is 5.78 Å². The maximum absolute atomic E-state index is 11.3. The molecule has 0 heterocycles. The fraction of sp³-hybridized carbons (Fsp3) is 0.100. The van der Waals surface area contributed by atoms with Crippen LogP contribution in [0.25, 0.3) is 0 Å². The van der Waals surface area contributed by atoms with E-state index >= 15 is 0 Å². The van der Waals surface area contributed by atoms with Crippen LogP contribution in [0.1, 0.15) is 15.9 Å². The van der Waals surface area contributed by atoms with Crippen LogP contribution in [0, 0.1) is 0 Å². The molecule has 1 aliphatic carbocycles. The van der Waals surface area contributed by atoms with Crippen LogP contribution >= 0.6 is 0 Å². The molecule has 2 rings (SSSR count). The number of nitrogen functional groups attached to an aromatic ring is 1. The zero-order chi connectivity index (χ0) is 8.55. The van der Waals surface area contributed by atoms with Gasteiger partial charge in [-0.3, -0.25) is 4.79 Å². The molecule has 0 atom stereocenters. The summed E-state index contributed by atoms with van der Waals surface area (Å²) in [6, 6.07) is 5.57. The molecule has 0 unspecified atom stereocenters. The van der Waals surface area contributed by atoms with Crippen LogP contribution in [0.5, 0.6) is 0 Å². The van der Waals surface area contributed by atoms with E-state index in [-0.39, 0.29) is 5.78 Å². The highest BCUT2D eigenvalue weighted by atomic mass is 16.1. The first-order valence-corrected chi connectivity index (χ1v) is 3.87. The van der Waals surface area contributed by atoms with E-state index < -0.39 is 0 Å². The minimum Gasteiger partial charge on any atom is -0.398 e. The second-order valence-electron chi connectivity index (χ2n) is 2.85. The Bertz CT molecular complexity index is 366. The van der Waals surface area contributed by atoms with Crippen molar-refractivity contribution in [3.8, 4) is 0 Å². The number of nitrogens with two attached hydrogens (primary N) is 1. The molecule has 1 aromatic rings. The number of allylic oxidation sites excluding steroid dienone is 2. The summed E-state index contributed by atoms with van der Waals surface area (Å²) in [6.45, 7) is 0. The first-order chi connectivity index (χ1) is 5.79. The van der Waals surface area contributed by atoms with Gasteiger partial charge < -0.3 is 5.73 Å². The van der Waals surface area contributed by atoms with Gasteiger partial charge in [0.25, 0.3) is 0 Å². The molecule has 0 radical (unpaired) electrons. The Labute approximate surface area is 70.7 Å². The molecule has 2 heteroatoms. The van der Waals surface area contributed by atoms with Gasteiger partial charge in [-0.15, -0.1) is 0 Å². The van der Waals surface area contributed by atoms with Crippen molar-refractivity contribution in [2.24, 2.45) is 0 Å². The number of carbonyl (C=O) groups excluding carboxylic acids is 1. The summed E-state index contributed by atoms with van der Waals surface area (Å²) >= 11 is 0. The lowest BCUT2D eigenvalue weighted by atomic mass is 9.94. The van der Waals surface area contributed by atoms with Crippen LogP contribution in [0.3, 0.4) is 0 Å². The van der Waals surface area contributed by atoms with E-state index in [1.807, 2.05) is 18.2 Å². The Hall–Kier alpha value is -1.57. The Morgan fingerprint density at radius 2 is 2.17 bits per heavy atom. The maximum atomic E-state index is 11.3. The molecule has 12 heavy (non-hydrogen) atoms. The summed E-state index contributed by atoms with van der Waals surface area (Å²) in [7, 11) is 0. The molecule has 0 aromatic heterocycles. The minimum absolute atomic E-state index is 0.0225. The summed E-state index contributed by atoms with van der Waals surface area (Å²) < 4.78 is 0. The van der Waals surface area contributed by atoms with Crippen LogP contribution < -0.4 is 5.73 Å². The number of ketones is 1. The van der Waals surface area contributed by atoms with Crippen molar-refractivity contribution in [3.63, 3.8) is 0 Å². The number of benzene rings is 1. The fourth-order valence-corrected chi connectivity index (χ4v) is 1.47. The highest BCUT2D eigenvalue weighted by molar-refractivity contribution is 6.10. The van der Waals surface area contributed by atoms with Crippen molar-refractivity contribution in [1.29, 1.82) is 0 Å². The Morgan fingerprint density at radius 3 is 2.92 bits per heavy atom. The second-order valence-corrected chi connectivity index (χ2v) is 2.85. The third-order valence-electron chi connectivity index (χ3n) is 2.04. The van der Waals surface area contributed by atoms with Crippen LogP contribution in [0.15, 0.2) is 30.4 Å². The third-order valence-corrected chi connectivity index (χ3v) is 2.04. The first-order valence-electron chi connectivity index (χ1n) is 3.87. The van der Waals surface area contributed by atoms with Gasteiger partial charge in [0, 0.05) is 11.3 Å². The Kier molecular flexibility index (Phi) is 1.47. The molecule has 0 fully saturated rings. The second kappa shape index (κ2) is 2.48. The minimum atomic E-state index is 0.0225. The highest BCUT2D eigenvalue weighted by Gasteiger charge is 2.14. The predicted octanol–water partition coefficient (Wildman–Crippen LogP) is 1.56. The van der Waals surface area contributed by atoms with Crippen molar-refractivity contribution >= 4 is 11.5 Å². The number of carbonyl (C=O) groups is 1. The molecule has 0 saturated heterocycles. The number of hydrogen-bond donors (Lipinski definition) is 1. The van der Waals surface area contributed by atoms with Crippen molar-refractivity contribution < 1.29 is 4.79 Å². The van der Waals surface area contributed by atoms with Gasteiger partial charge in [0.2, 0.25) is 0 Å². The molecule has 2 N–H and O–H groups in total. The van der Waals surface area contributed by atoms with Crippen molar-refractivity contribution in [2.75, 3.05) is 5.73 Å². The topological polar surface area (TPSA) is 43.1 Å². The van der Waals surface area contributed by atoms with Gasteiger partial charge in [-0.25, -0.2) is 0 Å². The smallest absolute Gasteiger partial charge is 0.187 e.